The first-order valence-corrected chi connectivity index (χ1v) is 7.26. The Morgan fingerprint density at radius 2 is 2.05 bits per heavy atom. The maximum absolute atomic E-state index is 11.9. The summed E-state index contributed by atoms with van der Waals surface area (Å²) in [5.41, 5.74) is 2.61. The van der Waals surface area contributed by atoms with Crippen molar-refractivity contribution < 1.29 is 9.53 Å². The predicted octanol–water partition coefficient (Wildman–Crippen LogP) is 3.34. The molecule has 0 radical (unpaired) electrons. The smallest absolute Gasteiger partial charge is 0.343 e. The Morgan fingerprint density at radius 3 is 2.76 bits per heavy atom. The molecule has 0 N–H and O–H groups in total. The summed E-state index contributed by atoms with van der Waals surface area (Å²) in [7, 11) is 0. The van der Waals surface area contributed by atoms with Crippen LogP contribution in [0.15, 0.2) is 47.2 Å². The number of carbonyl (C=O) groups excluding carboxylic acids is 1. The Bertz CT molecular complexity index is 796. The van der Waals surface area contributed by atoms with Gasteiger partial charge in [0.2, 0.25) is 0 Å². The summed E-state index contributed by atoms with van der Waals surface area (Å²) in [6, 6.07) is 9.68. The number of ether oxygens (including phenoxy) is 1. The van der Waals surface area contributed by atoms with Gasteiger partial charge in [0.15, 0.2) is 5.65 Å². The quantitative estimate of drug-likeness (QED) is 0.683. The van der Waals surface area contributed by atoms with E-state index in [1.807, 2.05) is 30.3 Å². The fraction of sp³-hybridized carbons (Fsp3) is 0.133. The van der Waals surface area contributed by atoms with Crippen molar-refractivity contribution in [1.82, 2.24) is 14.6 Å². The van der Waals surface area contributed by atoms with Crippen LogP contribution in [0.4, 0.5) is 0 Å². The van der Waals surface area contributed by atoms with E-state index in [0.717, 1.165) is 15.7 Å². The monoisotopic (exact) mass is 345 g/mol. The molecule has 1 aromatic carbocycles. The number of fused-ring (bicyclic) bond motifs is 1. The van der Waals surface area contributed by atoms with Gasteiger partial charge in [-0.2, -0.15) is 5.10 Å². The first-order chi connectivity index (χ1) is 10.2. The molecule has 0 bridgehead atoms. The number of aromatic nitrogens is 3. The fourth-order valence-corrected chi connectivity index (χ4v) is 2.27. The normalized spacial score (nSPS) is 10.8. The first-order valence-electron chi connectivity index (χ1n) is 6.46. The molecule has 2 aromatic heterocycles. The maximum atomic E-state index is 11.9. The third-order valence-corrected chi connectivity index (χ3v) is 3.53. The molecule has 5 nitrogen and oxygen atoms in total. The van der Waals surface area contributed by atoms with Crippen LogP contribution in [-0.2, 0) is 4.74 Å². The number of esters is 1. The van der Waals surface area contributed by atoms with Crippen molar-refractivity contribution >= 4 is 27.5 Å². The second-order valence-electron chi connectivity index (χ2n) is 4.37. The minimum absolute atomic E-state index is 0.322. The van der Waals surface area contributed by atoms with Gasteiger partial charge in [0.1, 0.15) is 5.56 Å². The molecule has 2 heterocycles. The number of carbonyl (C=O) groups is 1. The molecule has 0 unspecified atom stereocenters. The summed E-state index contributed by atoms with van der Waals surface area (Å²) in [5, 5.41) is 4.12. The van der Waals surface area contributed by atoms with Gasteiger partial charge in [-0.3, -0.25) is 0 Å². The van der Waals surface area contributed by atoms with E-state index in [4.69, 9.17) is 4.74 Å². The predicted molar refractivity (Wildman–Crippen MR) is 82.1 cm³/mol. The van der Waals surface area contributed by atoms with Crippen molar-refractivity contribution in [3.8, 4) is 11.3 Å². The van der Waals surface area contributed by atoms with Crippen LogP contribution >= 0.6 is 15.9 Å². The molecule has 0 spiro atoms. The highest BCUT2D eigenvalue weighted by molar-refractivity contribution is 9.10. The zero-order chi connectivity index (χ0) is 14.8. The minimum Gasteiger partial charge on any atom is -0.462 e. The number of nitrogens with zero attached hydrogens (tertiary/aromatic N) is 3. The number of hydrogen-bond acceptors (Lipinski definition) is 4. The molecule has 21 heavy (non-hydrogen) atoms. The van der Waals surface area contributed by atoms with E-state index in [2.05, 4.69) is 26.0 Å². The van der Waals surface area contributed by atoms with Crippen molar-refractivity contribution in [2.24, 2.45) is 0 Å². The van der Waals surface area contributed by atoms with Crippen LogP contribution in [0.5, 0.6) is 0 Å². The van der Waals surface area contributed by atoms with E-state index in [9.17, 15) is 4.79 Å². The second-order valence-corrected chi connectivity index (χ2v) is 5.28. The van der Waals surface area contributed by atoms with Crippen molar-refractivity contribution in [3.63, 3.8) is 0 Å². The van der Waals surface area contributed by atoms with Crippen LogP contribution in [0.1, 0.15) is 17.3 Å². The Hall–Kier alpha value is -2.21. The number of rotatable bonds is 3. The van der Waals surface area contributed by atoms with Crippen LogP contribution in [0.25, 0.3) is 16.9 Å². The molecule has 0 fully saturated rings. The van der Waals surface area contributed by atoms with Gasteiger partial charge >= 0.3 is 5.97 Å². The second kappa shape index (κ2) is 5.65. The SMILES string of the molecule is CCOC(=O)c1cnn2ccc(-c3ccc(Br)cc3)nc12. The lowest BCUT2D eigenvalue weighted by atomic mass is 10.1. The summed E-state index contributed by atoms with van der Waals surface area (Å²) < 4.78 is 7.58. The van der Waals surface area contributed by atoms with Gasteiger partial charge in [0.05, 0.1) is 18.5 Å². The van der Waals surface area contributed by atoms with Gasteiger partial charge in [-0.1, -0.05) is 28.1 Å². The summed E-state index contributed by atoms with van der Waals surface area (Å²) in [6.45, 7) is 2.09. The highest BCUT2D eigenvalue weighted by atomic mass is 79.9. The highest BCUT2D eigenvalue weighted by Gasteiger charge is 2.15. The topological polar surface area (TPSA) is 56.5 Å². The van der Waals surface area contributed by atoms with Gasteiger partial charge < -0.3 is 4.74 Å². The van der Waals surface area contributed by atoms with Gasteiger partial charge in [-0.05, 0) is 25.1 Å². The van der Waals surface area contributed by atoms with Crippen LogP contribution < -0.4 is 0 Å². The Labute approximate surface area is 129 Å². The molecule has 0 saturated heterocycles. The molecule has 3 rings (SSSR count). The van der Waals surface area contributed by atoms with Crippen molar-refractivity contribution in [2.75, 3.05) is 6.61 Å². The number of hydrogen-bond donors (Lipinski definition) is 0. The molecular formula is C15H12BrN3O2. The third kappa shape index (κ3) is 2.67. The van der Waals surface area contributed by atoms with Gasteiger partial charge in [-0.25, -0.2) is 14.3 Å². The van der Waals surface area contributed by atoms with Crippen LogP contribution in [0.2, 0.25) is 0 Å². The zero-order valence-electron chi connectivity index (χ0n) is 11.3. The molecule has 0 aliphatic heterocycles. The lowest BCUT2D eigenvalue weighted by Crippen LogP contribution is -2.05. The van der Waals surface area contributed by atoms with E-state index >= 15 is 0 Å². The molecule has 0 aliphatic carbocycles. The van der Waals surface area contributed by atoms with Crippen molar-refractivity contribution in [2.45, 2.75) is 6.92 Å². The van der Waals surface area contributed by atoms with E-state index < -0.39 is 5.97 Å². The molecule has 6 heteroatoms. The van der Waals surface area contributed by atoms with Crippen molar-refractivity contribution in [3.05, 3.63) is 52.8 Å². The average molecular weight is 346 g/mol. The largest absolute Gasteiger partial charge is 0.462 e. The molecule has 0 atom stereocenters. The van der Waals surface area contributed by atoms with E-state index in [-0.39, 0.29) is 0 Å². The van der Waals surface area contributed by atoms with Crippen LogP contribution in [0.3, 0.4) is 0 Å². The standard InChI is InChI=1S/C15H12BrN3O2/c1-2-21-15(20)12-9-17-19-8-7-13(18-14(12)19)10-3-5-11(16)6-4-10/h3-9H,2H2,1H3. The van der Waals surface area contributed by atoms with Crippen molar-refractivity contribution in [1.29, 1.82) is 0 Å². The Kier molecular flexibility index (Phi) is 3.70. The summed E-state index contributed by atoms with van der Waals surface area (Å²) in [5.74, 6) is -0.409. The molecular weight excluding hydrogens is 334 g/mol. The van der Waals surface area contributed by atoms with E-state index in [1.54, 1.807) is 17.6 Å². The lowest BCUT2D eigenvalue weighted by molar-refractivity contribution is 0.0528. The summed E-state index contributed by atoms with van der Waals surface area (Å²) in [4.78, 5) is 16.4. The maximum Gasteiger partial charge on any atom is 0.343 e. The Morgan fingerprint density at radius 1 is 1.29 bits per heavy atom. The summed E-state index contributed by atoms with van der Waals surface area (Å²) >= 11 is 3.40. The lowest BCUT2D eigenvalue weighted by Gasteiger charge is -2.03. The molecule has 3 aromatic rings. The average Bonchev–Trinajstić information content (AvgIpc) is 2.91. The molecule has 0 saturated carbocycles. The third-order valence-electron chi connectivity index (χ3n) is 3.00. The molecule has 0 aliphatic rings. The summed E-state index contributed by atoms with van der Waals surface area (Å²) in [6.07, 6.45) is 3.26. The molecule has 0 amide bonds. The number of benzene rings is 1. The van der Waals surface area contributed by atoms with Crippen LogP contribution in [0, 0.1) is 0 Å². The first kappa shape index (κ1) is 13.8. The van der Waals surface area contributed by atoms with Gasteiger partial charge in [0, 0.05) is 16.2 Å². The van der Waals surface area contributed by atoms with E-state index in [0.29, 0.717) is 17.8 Å². The molecule has 106 valence electrons. The Balaban J connectivity index is 2.08. The minimum atomic E-state index is -0.409. The number of halogens is 1. The van der Waals surface area contributed by atoms with E-state index in [1.165, 1.54) is 6.20 Å². The van der Waals surface area contributed by atoms with Gasteiger partial charge in [-0.15, -0.1) is 0 Å². The zero-order valence-corrected chi connectivity index (χ0v) is 12.9. The van der Waals surface area contributed by atoms with Crippen LogP contribution in [-0.4, -0.2) is 27.2 Å². The van der Waals surface area contributed by atoms with Gasteiger partial charge in [0.25, 0.3) is 0 Å². The highest BCUT2D eigenvalue weighted by Crippen LogP contribution is 2.21. The fourth-order valence-electron chi connectivity index (χ4n) is 2.00.